The van der Waals surface area contributed by atoms with Gasteiger partial charge in [0.2, 0.25) is 5.89 Å². The highest BCUT2D eigenvalue weighted by molar-refractivity contribution is 5.92. The van der Waals surface area contributed by atoms with E-state index in [9.17, 15) is 9.18 Å². The highest BCUT2D eigenvalue weighted by atomic mass is 35.5. The Morgan fingerprint density at radius 1 is 1.13 bits per heavy atom. The van der Waals surface area contributed by atoms with E-state index in [1.807, 2.05) is 30.3 Å². The summed E-state index contributed by atoms with van der Waals surface area (Å²) in [5.41, 5.74) is 1.67. The molecule has 3 aromatic rings. The van der Waals surface area contributed by atoms with E-state index in [-0.39, 0.29) is 36.4 Å². The van der Waals surface area contributed by atoms with E-state index in [0.29, 0.717) is 11.5 Å². The van der Waals surface area contributed by atoms with Crippen molar-refractivity contribution >= 4 is 18.3 Å². The maximum absolute atomic E-state index is 13.1. The fourth-order valence-electron chi connectivity index (χ4n) is 2.01. The normalized spacial score (nSPS) is 9.96. The van der Waals surface area contributed by atoms with Crippen LogP contribution in [0.4, 0.5) is 4.39 Å². The zero-order valence-electron chi connectivity index (χ0n) is 12.0. The van der Waals surface area contributed by atoms with Gasteiger partial charge in [-0.3, -0.25) is 4.79 Å². The van der Waals surface area contributed by atoms with Gasteiger partial charge in [0, 0.05) is 12.1 Å². The molecule has 1 amide bonds. The third kappa shape index (κ3) is 4.17. The van der Waals surface area contributed by atoms with Crippen LogP contribution in [0.2, 0.25) is 0 Å². The summed E-state index contributed by atoms with van der Waals surface area (Å²) in [6, 6.07) is 15.4. The monoisotopic (exact) mass is 332 g/mol. The van der Waals surface area contributed by atoms with Gasteiger partial charge >= 0.3 is 0 Å². The first-order valence-corrected chi connectivity index (χ1v) is 6.76. The average molecular weight is 333 g/mol. The van der Waals surface area contributed by atoms with Crippen molar-refractivity contribution in [3.05, 3.63) is 77.9 Å². The van der Waals surface area contributed by atoms with Crippen molar-refractivity contribution in [2.45, 2.75) is 6.54 Å². The molecule has 2 aromatic carbocycles. The van der Waals surface area contributed by atoms with E-state index in [2.05, 4.69) is 10.3 Å². The number of carbonyl (C=O) groups excluding carboxylic acids is 1. The zero-order valence-corrected chi connectivity index (χ0v) is 12.8. The molecule has 3 rings (SSSR count). The maximum Gasteiger partial charge on any atom is 0.273 e. The third-order valence-electron chi connectivity index (χ3n) is 3.10. The molecule has 0 saturated heterocycles. The Morgan fingerprint density at radius 3 is 2.65 bits per heavy atom. The van der Waals surface area contributed by atoms with Crippen molar-refractivity contribution in [3.8, 4) is 11.5 Å². The van der Waals surface area contributed by atoms with E-state index in [1.54, 1.807) is 12.1 Å². The summed E-state index contributed by atoms with van der Waals surface area (Å²) in [7, 11) is 0. The Bertz CT molecular complexity index is 790. The van der Waals surface area contributed by atoms with E-state index >= 15 is 0 Å². The number of hydrogen-bond donors (Lipinski definition) is 1. The molecule has 6 heteroatoms. The number of aromatic nitrogens is 1. The van der Waals surface area contributed by atoms with Crippen molar-refractivity contribution in [2.75, 3.05) is 0 Å². The van der Waals surface area contributed by atoms with Gasteiger partial charge in [-0.2, -0.15) is 0 Å². The van der Waals surface area contributed by atoms with Crippen molar-refractivity contribution in [1.29, 1.82) is 0 Å². The van der Waals surface area contributed by atoms with Crippen molar-refractivity contribution in [3.63, 3.8) is 0 Å². The minimum atomic E-state index is -0.366. The van der Waals surface area contributed by atoms with Crippen LogP contribution in [0.3, 0.4) is 0 Å². The minimum Gasteiger partial charge on any atom is -0.444 e. The minimum absolute atomic E-state index is 0. The lowest BCUT2D eigenvalue weighted by atomic mass is 10.2. The molecule has 0 spiro atoms. The molecule has 0 atom stereocenters. The van der Waals surface area contributed by atoms with Gasteiger partial charge in [0.1, 0.15) is 12.1 Å². The zero-order chi connectivity index (χ0) is 15.4. The molecule has 1 aromatic heterocycles. The number of rotatable bonds is 4. The summed E-state index contributed by atoms with van der Waals surface area (Å²) >= 11 is 0. The number of amides is 1. The number of nitrogens with one attached hydrogen (secondary N) is 1. The molecule has 0 radical (unpaired) electrons. The fourth-order valence-corrected chi connectivity index (χ4v) is 2.01. The molecule has 1 N–H and O–H groups in total. The number of halogens is 2. The summed E-state index contributed by atoms with van der Waals surface area (Å²) in [4.78, 5) is 16.2. The van der Waals surface area contributed by atoms with Crippen LogP contribution in [0.25, 0.3) is 11.5 Å². The van der Waals surface area contributed by atoms with Gasteiger partial charge in [-0.15, -0.1) is 12.4 Å². The SMILES string of the molecule is Cl.O=C(NCc1cccc(F)c1)c1coc(-c2ccccc2)n1. The van der Waals surface area contributed by atoms with E-state index in [1.165, 1.54) is 18.4 Å². The molecule has 4 nitrogen and oxygen atoms in total. The van der Waals surface area contributed by atoms with Gasteiger partial charge in [0.25, 0.3) is 5.91 Å². The van der Waals surface area contributed by atoms with E-state index in [4.69, 9.17) is 4.42 Å². The Labute approximate surface area is 138 Å². The van der Waals surface area contributed by atoms with Gasteiger partial charge in [0.15, 0.2) is 5.69 Å². The summed E-state index contributed by atoms with van der Waals surface area (Å²) in [6.07, 6.45) is 1.31. The Morgan fingerprint density at radius 2 is 1.91 bits per heavy atom. The highest BCUT2D eigenvalue weighted by Crippen LogP contribution is 2.17. The van der Waals surface area contributed by atoms with Crippen LogP contribution >= 0.6 is 12.4 Å². The number of benzene rings is 2. The van der Waals surface area contributed by atoms with Crippen LogP contribution in [-0.2, 0) is 6.54 Å². The molecular weight excluding hydrogens is 319 g/mol. The van der Waals surface area contributed by atoms with Gasteiger partial charge in [0.05, 0.1) is 0 Å². The summed E-state index contributed by atoms with van der Waals surface area (Å²) in [5, 5.41) is 2.68. The lowest BCUT2D eigenvalue weighted by Crippen LogP contribution is -2.23. The Kier molecular flexibility index (Phi) is 5.49. The first-order valence-electron chi connectivity index (χ1n) is 6.76. The molecule has 0 fully saturated rings. The molecule has 118 valence electrons. The molecule has 0 aliphatic heterocycles. The van der Waals surface area contributed by atoms with Crippen LogP contribution < -0.4 is 5.32 Å². The molecular formula is C17H14ClFN2O2. The summed E-state index contributed by atoms with van der Waals surface area (Å²) in [6.45, 7) is 0.226. The predicted octanol–water partition coefficient (Wildman–Crippen LogP) is 3.83. The molecule has 0 aliphatic carbocycles. The van der Waals surface area contributed by atoms with Crippen LogP contribution in [0.5, 0.6) is 0 Å². The van der Waals surface area contributed by atoms with Gasteiger partial charge in [-0.1, -0.05) is 30.3 Å². The second kappa shape index (κ2) is 7.56. The topological polar surface area (TPSA) is 55.1 Å². The average Bonchev–Trinajstić information content (AvgIpc) is 3.04. The molecule has 0 aliphatic rings. The second-order valence-corrected chi connectivity index (χ2v) is 4.72. The predicted molar refractivity (Wildman–Crippen MR) is 86.8 cm³/mol. The van der Waals surface area contributed by atoms with Crippen LogP contribution in [0.15, 0.2) is 65.3 Å². The number of carbonyl (C=O) groups is 1. The van der Waals surface area contributed by atoms with Crippen molar-refractivity contribution in [2.24, 2.45) is 0 Å². The largest absolute Gasteiger partial charge is 0.444 e. The van der Waals surface area contributed by atoms with Crippen LogP contribution in [-0.4, -0.2) is 10.9 Å². The Hall–Kier alpha value is -2.66. The first kappa shape index (κ1) is 16.7. The van der Waals surface area contributed by atoms with Gasteiger partial charge in [-0.05, 0) is 29.8 Å². The molecule has 1 heterocycles. The number of nitrogens with zero attached hydrogens (tertiary/aromatic N) is 1. The summed E-state index contributed by atoms with van der Waals surface area (Å²) in [5.74, 6) is -0.314. The molecule has 0 unspecified atom stereocenters. The second-order valence-electron chi connectivity index (χ2n) is 4.72. The summed E-state index contributed by atoms with van der Waals surface area (Å²) < 4.78 is 18.4. The quantitative estimate of drug-likeness (QED) is 0.790. The van der Waals surface area contributed by atoms with Crippen LogP contribution in [0.1, 0.15) is 16.1 Å². The molecule has 23 heavy (non-hydrogen) atoms. The van der Waals surface area contributed by atoms with Crippen molar-refractivity contribution < 1.29 is 13.6 Å². The smallest absolute Gasteiger partial charge is 0.273 e. The van der Waals surface area contributed by atoms with Gasteiger partial charge < -0.3 is 9.73 Å². The van der Waals surface area contributed by atoms with E-state index < -0.39 is 0 Å². The van der Waals surface area contributed by atoms with E-state index in [0.717, 1.165) is 5.56 Å². The standard InChI is InChI=1S/C17H13FN2O2.ClH/c18-14-8-4-5-12(9-14)10-19-16(21)15-11-22-17(20-15)13-6-2-1-3-7-13;/h1-9,11H,10H2,(H,19,21);1H. The number of oxazole rings is 1. The molecule has 0 bridgehead atoms. The van der Waals surface area contributed by atoms with Crippen molar-refractivity contribution in [1.82, 2.24) is 10.3 Å². The fraction of sp³-hybridized carbons (Fsp3) is 0.0588. The maximum atomic E-state index is 13.1. The van der Waals surface area contributed by atoms with Gasteiger partial charge in [-0.25, -0.2) is 9.37 Å². The third-order valence-corrected chi connectivity index (χ3v) is 3.10. The first-order chi connectivity index (χ1) is 10.7. The number of hydrogen-bond acceptors (Lipinski definition) is 3. The highest BCUT2D eigenvalue weighted by Gasteiger charge is 2.13. The Balaban J connectivity index is 0.00000192. The van der Waals surface area contributed by atoms with Crippen LogP contribution in [0, 0.1) is 5.82 Å². The lowest BCUT2D eigenvalue weighted by molar-refractivity contribution is 0.0946. The molecule has 0 saturated carbocycles. The lowest BCUT2D eigenvalue weighted by Gasteiger charge is -2.03.